The van der Waals surface area contributed by atoms with Crippen molar-refractivity contribution < 1.29 is 4.39 Å². The SMILES string of the molecule is CC.CC.CCc1cc(CC)c2cc(F)c(NC3CCCC3)cc2n1. The number of nitrogens with one attached hydrogen (secondary N) is 1. The van der Waals surface area contributed by atoms with E-state index < -0.39 is 0 Å². The molecule has 140 valence electrons. The third kappa shape index (κ3) is 5.42. The standard InChI is InChI=1S/C18H23FN2.2C2H6/c1-3-12-9-13(4-2)20-17-11-18(16(19)10-15(12)17)21-14-7-5-6-8-14;2*1-2/h9-11,14,21H,3-8H2,1-2H3;2*1-2H3. The molecule has 1 N–H and O–H groups in total. The Morgan fingerprint density at radius 1 is 1.00 bits per heavy atom. The van der Waals surface area contributed by atoms with Gasteiger partial charge in [0.05, 0.1) is 11.2 Å². The van der Waals surface area contributed by atoms with Crippen LogP contribution >= 0.6 is 0 Å². The first-order valence-electron chi connectivity index (χ1n) is 10.1. The lowest BCUT2D eigenvalue weighted by Gasteiger charge is -2.16. The number of hydrogen-bond donors (Lipinski definition) is 1. The summed E-state index contributed by atoms with van der Waals surface area (Å²) in [6, 6.07) is 6.06. The van der Waals surface area contributed by atoms with E-state index in [4.69, 9.17) is 0 Å². The molecule has 0 radical (unpaired) electrons. The molecule has 0 aliphatic heterocycles. The molecule has 1 aliphatic carbocycles. The highest BCUT2D eigenvalue weighted by atomic mass is 19.1. The normalized spacial score (nSPS) is 13.7. The lowest BCUT2D eigenvalue weighted by molar-refractivity contribution is 0.625. The second kappa shape index (κ2) is 11.1. The van der Waals surface area contributed by atoms with E-state index in [1.165, 1.54) is 18.4 Å². The fraction of sp³-hybridized carbons (Fsp3) is 0.591. The molecular weight excluding hydrogens is 311 g/mol. The van der Waals surface area contributed by atoms with Crippen molar-refractivity contribution in [2.45, 2.75) is 86.1 Å². The Labute approximate surface area is 153 Å². The number of aryl methyl sites for hydroxylation is 2. The number of hydrogen-bond acceptors (Lipinski definition) is 2. The smallest absolute Gasteiger partial charge is 0.147 e. The van der Waals surface area contributed by atoms with Crippen LogP contribution in [0.15, 0.2) is 18.2 Å². The van der Waals surface area contributed by atoms with Crippen LogP contribution in [-0.2, 0) is 12.8 Å². The van der Waals surface area contributed by atoms with Crippen LogP contribution in [0.2, 0.25) is 0 Å². The Kier molecular flexibility index (Phi) is 9.48. The number of pyridine rings is 1. The largest absolute Gasteiger partial charge is 0.380 e. The van der Waals surface area contributed by atoms with Crippen molar-refractivity contribution in [3.05, 3.63) is 35.3 Å². The summed E-state index contributed by atoms with van der Waals surface area (Å²) < 4.78 is 14.4. The molecule has 0 bridgehead atoms. The molecule has 0 saturated heterocycles. The molecule has 0 spiro atoms. The van der Waals surface area contributed by atoms with Gasteiger partial charge in [0.2, 0.25) is 0 Å². The summed E-state index contributed by atoms with van der Waals surface area (Å²) in [6.07, 6.45) is 6.57. The Hall–Kier alpha value is -1.64. The van der Waals surface area contributed by atoms with Crippen LogP contribution < -0.4 is 5.32 Å². The number of rotatable bonds is 4. The van der Waals surface area contributed by atoms with Gasteiger partial charge in [0.1, 0.15) is 5.82 Å². The Morgan fingerprint density at radius 3 is 2.20 bits per heavy atom. The Bertz CT molecular complexity index is 646. The summed E-state index contributed by atoms with van der Waals surface area (Å²) in [4.78, 5) is 4.67. The summed E-state index contributed by atoms with van der Waals surface area (Å²) in [5.74, 6) is -0.157. The van der Waals surface area contributed by atoms with Crippen molar-refractivity contribution in [1.82, 2.24) is 4.98 Å². The zero-order chi connectivity index (χ0) is 18.8. The highest BCUT2D eigenvalue weighted by Crippen LogP contribution is 2.29. The molecule has 1 heterocycles. The minimum Gasteiger partial charge on any atom is -0.380 e. The molecule has 3 heteroatoms. The van der Waals surface area contributed by atoms with E-state index in [0.29, 0.717) is 11.7 Å². The second-order valence-electron chi connectivity index (χ2n) is 5.95. The number of nitrogens with zero attached hydrogens (tertiary/aromatic N) is 1. The topological polar surface area (TPSA) is 24.9 Å². The molecule has 25 heavy (non-hydrogen) atoms. The van der Waals surface area contributed by atoms with Gasteiger partial charge >= 0.3 is 0 Å². The monoisotopic (exact) mass is 346 g/mol. The maximum Gasteiger partial charge on any atom is 0.147 e. The molecule has 1 aromatic carbocycles. The van der Waals surface area contributed by atoms with Crippen LogP contribution in [-0.4, -0.2) is 11.0 Å². The highest BCUT2D eigenvalue weighted by molar-refractivity contribution is 5.86. The molecule has 2 nitrogen and oxygen atoms in total. The first-order chi connectivity index (χ1) is 12.2. The average Bonchev–Trinajstić information content (AvgIpc) is 3.18. The first kappa shape index (κ1) is 21.4. The maximum atomic E-state index is 14.4. The minimum atomic E-state index is -0.157. The zero-order valence-corrected chi connectivity index (χ0v) is 16.9. The van der Waals surface area contributed by atoms with E-state index in [9.17, 15) is 4.39 Å². The zero-order valence-electron chi connectivity index (χ0n) is 16.9. The number of anilines is 1. The molecule has 1 fully saturated rings. The molecule has 0 unspecified atom stereocenters. The van der Waals surface area contributed by atoms with Crippen LogP contribution in [0.5, 0.6) is 0 Å². The Balaban J connectivity index is 0.000000730. The van der Waals surface area contributed by atoms with Gasteiger partial charge in [0.15, 0.2) is 0 Å². The number of fused-ring (bicyclic) bond motifs is 1. The fourth-order valence-electron chi connectivity index (χ4n) is 3.25. The lowest BCUT2D eigenvalue weighted by Crippen LogP contribution is -2.15. The van der Waals surface area contributed by atoms with Crippen molar-refractivity contribution in [1.29, 1.82) is 0 Å². The molecule has 2 aromatic rings. The Morgan fingerprint density at radius 2 is 1.64 bits per heavy atom. The van der Waals surface area contributed by atoms with Gasteiger partial charge in [-0.1, -0.05) is 54.4 Å². The van der Waals surface area contributed by atoms with Crippen LogP contribution in [0.25, 0.3) is 10.9 Å². The third-order valence-corrected chi connectivity index (χ3v) is 4.49. The van der Waals surface area contributed by atoms with E-state index in [-0.39, 0.29) is 5.82 Å². The number of halogens is 1. The van der Waals surface area contributed by atoms with Gasteiger partial charge in [-0.25, -0.2) is 4.39 Å². The summed E-state index contributed by atoms with van der Waals surface area (Å²) in [5, 5.41) is 4.31. The second-order valence-corrected chi connectivity index (χ2v) is 5.95. The van der Waals surface area contributed by atoms with Crippen molar-refractivity contribution in [3.8, 4) is 0 Å². The van der Waals surface area contributed by atoms with Gasteiger partial charge < -0.3 is 5.32 Å². The minimum absolute atomic E-state index is 0.157. The number of aromatic nitrogens is 1. The van der Waals surface area contributed by atoms with Crippen LogP contribution in [0.4, 0.5) is 10.1 Å². The fourth-order valence-corrected chi connectivity index (χ4v) is 3.25. The van der Waals surface area contributed by atoms with Crippen LogP contribution in [0.1, 0.15) is 78.5 Å². The first-order valence-corrected chi connectivity index (χ1v) is 10.1. The van der Waals surface area contributed by atoms with Crippen LogP contribution in [0, 0.1) is 5.82 Å². The highest BCUT2D eigenvalue weighted by Gasteiger charge is 2.17. The predicted octanol–water partition coefficient (Wildman–Crippen LogP) is 6.91. The van der Waals surface area contributed by atoms with E-state index in [1.807, 2.05) is 33.8 Å². The molecule has 1 aromatic heterocycles. The molecule has 3 rings (SSSR count). The van der Waals surface area contributed by atoms with Gasteiger partial charge in [0.25, 0.3) is 0 Å². The lowest BCUT2D eigenvalue weighted by atomic mass is 10.0. The van der Waals surface area contributed by atoms with E-state index in [2.05, 4.69) is 30.2 Å². The van der Waals surface area contributed by atoms with Crippen LogP contribution in [0.3, 0.4) is 0 Å². The van der Waals surface area contributed by atoms with Crippen molar-refractivity contribution >= 4 is 16.6 Å². The van der Waals surface area contributed by atoms with E-state index in [1.54, 1.807) is 6.07 Å². The predicted molar refractivity (Wildman–Crippen MR) is 109 cm³/mol. The quantitative estimate of drug-likeness (QED) is 0.651. The molecule has 1 saturated carbocycles. The van der Waals surface area contributed by atoms with E-state index >= 15 is 0 Å². The van der Waals surface area contributed by atoms with Crippen molar-refractivity contribution in [3.63, 3.8) is 0 Å². The summed E-state index contributed by atoms with van der Waals surface area (Å²) in [5.41, 5.74) is 3.78. The summed E-state index contributed by atoms with van der Waals surface area (Å²) in [6.45, 7) is 12.2. The van der Waals surface area contributed by atoms with Gasteiger partial charge in [-0.05, 0) is 49.4 Å². The van der Waals surface area contributed by atoms with Gasteiger partial charge in [-0.3, -0.25) is 4.98 Å². The molecule has 0 amide bonds. The summed E-state index contributed by atoms with van der Waals surface area (Å²) in [7, 11) is 0. The van der Waals surface area contributed by atoms with Gasteiger partial charge in [-0.15, -0.1) is 0 Å². The average molecular weight is 347 g/mol. The molecule has 1 aliphatic rings. The molecule has 0 atom stereocenters. The maximum absolute atomic E-state index is 14.4. The molecular formula is C22H35FN2. The van der Waals surface area contributed by atoms with Crippen molar-refractivity contribution in [2.75, 3.05) is 5.32 Å². The van der Waals surface area contributed by atoms with Gasteiger partial charge in [0, 0.05) is 17.1 Å². The van der Waals surface area contributed by atoms with Gasteiger partial charge in [-0.2, -0.15) is 0 Å². The number of benzene rings is 1. The summed E-state index contributed by atoms with van der Waals surface area (Å²) >= 11 is 0. The third-order valence-electron chi connectivity index (χ3n) is 4.49. The van der Waals surface area contributed by atoms with Crippen molar-refractivity contribution in [2.24, 2.45) is 0 Å². The van der Waals surface area contributed by atoms with E-state index in [0.717, 1.165) is 42.3 Å².